The summed E-state index contributed by atoms with van der Waals surface area (Å²) in [6.45, 7) is 4.07. The first-order chi connectivity index (χ1) is 12.1. The van der Waals surface area contributed by atoms with Crippen molar-refractivity contribution in [2.45, 2.75) is 20.4 Å². The number of anilines is 3. The number of hydrogen-bond acceptors (Lipinski definition) is 6. The van der Waals surface area contributed by atoms with Crippen LogP contribution < -0.4 is 10.6 Å². The van der Waals surface area contributed by atoms with Gasteiger partial charge in [-0.3, -0.25) is 9.78 Å². The van der Waals surface area contributed by atoms with E-state index in [0.717, 1.165) is 16.9 Å². The summed E-state index contributed by atoms with van der Waals surface area (Å²) in [5.41, 5.74) is 3.46. The van der Waals surface area contributed by atoms with Gasteiger partial charge < -0.3 is 10.6 Å². The molecule has 2 heterocycles. The predicted octanol–water partition coefficient (Wildman–Crippen LogP) is 3.74. The molecule has 0 bridgehead atoms. The van der Waals surface area contributed by atoms with Crippen LogP contribution in [0.1, 0.15) is 28.5 Å². The maximum atomic E-state index is 11.3. The summed E-state index contributed by atoms with van der Waals surface area (Å²) in [6.07, 6.45) is 3.55. The molecule has 2 N–H and O–H groups in total. The first-order valence-electron chi connectivity index (χ1n) is 7.96. The summed E-state index contributed by atoms with van der Waals surface area (Å²) >= 11 is 0. The van der Waals surface area contributed by atoms with E-state index in [9.17, 15) is 4.79 Å². The number of pyridine rings is 1. The highest BCUT2D eigenvalue weighted by atomic mass is 16.1. The Morgan fingerprint density at radius 2 is 1.92 bits per heavy atom. The second-order valence-electron chi connectivity index (χ2n) is 5.69. The molecule has 0 unspecified atom stereocenters. The summed E-state index contributed by atoms with van der Waals surface area (Å²) in [4.78, 5) is 24.3. The molecule has 0 spiro atoms. The Hall–Kier alpha value is -3.28. The minimum atomic E-state index is 0.0475. The fourth-order valence-corrected chi connectivity index (χ4v) is 2.33. The number of carbonyl (C=O) groups is 1. The van der Waals surface area contributed by atoms with Gasteiger partial charge in [0, 0.05) is 41.9 Å². The van der Waals surface area contributed by atoms with Crippen molar-refractivity contribution >= 4 is 23.2 Å². The summed E-state index contributed by atoms with van der Waals surface area (Å²) in [5, 5.41) is 6.44. The van der Waals surface area contributed by atoms with Gasteiger partial charge in [0.25, 0.3) is 0 Å². The smallest absolute Gasteiger partial charge is 0.225 e. The van der Waals surface area contributed by atoms with Gasteiger partial charge in [0.05, 0.1) is 0 Å². The molecule has 126 valence electrons. The average Bonchev–Trinajstić information content (AvgIpc) is 2.61. The highest BCUT2D eigenvalue weighted by Crippen LogP contribution is 2.18. The van der Waals surface area contributed by atoms with Crippen molar-refractivity contribution in [2.75, 3.05) is 10.6 Å². The number of hydrogen-bond donors (Lipinski definition) is 2. The van der Waals surface area contributed by atoms with Crippen LogP contribution in [0, 0.1) is 6.92 Å². The van der Waals surface area contributed by atoms with E-state index in [1.807, 2.05) is 37.3 Å². The van der Waals surface area contributed by atoms with E-state index in [-0.39, 0.29) is 5.78 Å². The summed E-state index contributed by atoms with van der Waals surface area (Å²) in [5.74, 6) is 1.29. The summed E-state index contributed by atoms with van der Waals surface area (Å²) in [6, 6.07) is 13.1. The van der Waals surface area contributed by atoms with Gasteiger partial charge in [-0.15, -0.1) is 0 Å². The molecular formula is C19H19N5O. The van der Waals surface area contributed by atoms with E-state index >= 15 is 0 Å². The molecule has 0 saturated carbocycles. The van der Waals surface area contributed by atoms with Crippen molar-refractivity contribution in [1.29, 1.82) is 0 Å². The molecule has 0 aliphatic heterocycles. The van der Waals surface area contributed by atoms with Gasteiger partial charge in [-0.2, -0.15) is 4.98 Å². The first-order valence-corrected chi connectivity index (χ1v) is 7.96. The lowest BCUT2D eigenvalue weighted by Gasteiger charge is -2.10. The number of rotatable bonds is 6. The largest absolute Gasteiger partial charge is 0.350 e. The molecule has 0 aliphatic rings. The molecule has 6 heteroatoms. The SMILES string of the molecule is CC(=O)c1ccc(Nc2cc(C)nc(NCc3cccnc3)n2)cc1. The van der Waals surface area contributed by atoms with Crippen LogP contribution in [0.2, 0.25) is 0 Å². The monoisotopic (exact) mass is 333 g/mol. The normalized spacial score (nSPS) is 10.3. The second-order valence-corrected chi connectivity index (χ2v) is 5.69. The van der Waals surface area contributed by atoms with Gasteiger partial charge in [0.15, 0.2) is 5.78 Å². The van der Waals surface area contributed by atoms with Gasteiger partial charge in [0.1, 0.15) is 5.82 Å². The number of aryl methyl sites for hydroxylation is 1. The molecule has 0 amide bonds. The molecule has 0 fully saturated rings. The van der Waals surface area contributed by atoms with Crippen LogP contribution in [0.3, 0.4) is 0 Å². The number of benzene rings is 1. The van der Waals surface area contributed by atoms with Crippen LogP contribution in [-0.4, -0.2) is 20.7 Å². The molecule has 3 rings (SSSR count). The van der Waals surface area contributed by atoms with Crippen molar-refractivity contribution in [3.63, 3.8) is 0 Å². The molecule has 6 nitrogen and oxygen atoms in total. The van der Waals surface area contributed by atoms with Gasteiger partial charge in [0.2, 0.25) is 5.95 Å². The Morgan fingerprint density at radius 3 is 2.60 bits per heavy atom. The molecule has 2 aromatic heterocycles. The third kappa shape index (κ3) is 4.60. The Balaban J connectivity index is 1.71. The zero-order chi connectivity index (χ0) is 17.6. The zero-order valence-corrected chi connectivity index (χ0v) is 14.2. The lowest BCUT2D eigenvalue weighted by atomic mass is 10.1. The Bertz CT molecular complexity index is 863. The third-order valence-corrected chi connectivity index (χ3v) is 3.59. The topological polar surface area (TPSA) is 79.8 Å². The number of nitrogens with zero attached hydrogens (tertiary/aromatic N) is 3. The standard InChI is InChI=1S/C19H19N5O/c1-13-10-18(23-17-7-5-16(6-8-17)14(2)25)24-19(22-13)21-12-15-4-3-9-20-11-15/h3-11H,12H2,1-2H3,(H2,21,22,23,24). The van der Waals surface area contributed by atoms with E-state index in [4.69, 9.17) is 0 Å². The van der Waals surface area contributed by atoms with Gasteiger partial charge >= 0.3 is 0 Å². The van der Waals surface area contributed by atoms with Crippen molar-refractivity contribution in [3.05, 3.63) is 71.7 Å². The Kier molecular flexibility index (Phi) is 4.99. The molecular weight excluding hydrogens is 314 g/mol. The molecule has 25 heavy (non-hydrogen) atoms. The van der Waals surface area contributed by atoms with E-state index in [1.165, 1.54) is 0 Å². The van der Waals surface area contributed by atoms with Crippen LogP contribution >= 0.6 is 0 Å². The highest BCUT2D eigenvalue weighted by Gasteiger charge is 2.04. The van der Waals surface area contributed by atoms with Crippen LogP contribution in [0.5, 0.6) is 0 Å². The van der Waals surface area contributed by atoms with E-state index in [0.29, 0.717) is 23.9 Å². The molecule has 0 aliphatic carbocycles. The van der Waals surface area contributed by atoms with Gasteiger partial charge in [-0.1, -0.05) is 6.07 Å². The van der Waals surface area contributed by atoms with E-state index in [2.05, 4.69) is 25.6 Å². The van der Waals surface area contributed by atoms with Crippen LogP contribution in [0.15, 0.2) is 54.9 Å². The fraction of sp³-hybridized carbons (Fsp3) is 0.158. The van der Waals surface area contributed by atoms with Crippen LogP contribution in [0.25, 0.3) is 0 Å². The van der Waals surface area contributed by atoms with Crippen molar-refractivity contribution in [1.82, 2.24) is 15.0 Å². The van der Waals surface area contributed by atoms with Crippen molar-refractivity contribution < 1.29 is 4.79 Å². The quantitative estimate of drug-likeness (QED) is 0.669. The number of nitrogens with one attached hydrogen (secondary N) is 2. The predicted molar refractivity (Wildman–Crippen MR) is 98.1 cm³/mol. The zero-order valence-electron chi connectivity index (χ0n) is 14.2. The minimum absolute atomic E-state index is 0.0475. The van der Waals surface area contributed by atoms with Crippen molar-refractivity contribution in [2.24, 2.45) is 0 Å². The lowest BCUT2D eigenvalue weighted by molar-refractivity contribution is 0.101. The molecule has 0 atom stereocenters. The summed E-state index contributed by atoms with van der Waals surface area (Å²) < 4.78 is 0. The number of ketones is 1. The maximum absolute atomic E-state index is 11.3. The molecule has 0 radical (unpaired) electrons. The Labute approximate surface area is 146 Å². The van der Waals surface area contributed by atoms with Gasteiger partial charge in [-0.25, -0.2) is 4.98 Å². The highest BCUT2D eigenvalue weighted by molar-refractivity contribution is 5.94. The molecule has 0 saturated heterocycles. The molecule has 3 aromatic rings. The Morgan fingerprint density at radius 1 is 1.12 bits per heavy atom. The second kappa shape index (κ2) is 7.53. The lowest BCUT2D eigenvalue weighted by Crippen LogP contribution is -2.06. The third-order valence-electron chi connectivity index (χ3n) is 3.59. The van der Waals surface area contributed by atoms with Crippen LogP contribution in [-0.2, 0) is 6.54 Å². The summed E-state index contributed by atoms with van der Waals surface area (Å²) in [7, 11) is 0. The van der Waals surface area contributed by atoms with Gasteiger partial charge in [-0.05, 0) is 49.7 Å². The van der Waals surface area contributed by atoms with E-state index in [1.54, 1.807) is 31.5 Å². The maximum Gasteiger partial charge on any atom is 0.225 e. The molecule has 1 aromatic carbocycles. The number of Topliss-reactive ketones (excluding diaryl/α,β-unsaturated/α-hetero) is 1. The van der Waals surface area contributed by atoms with E-state index < -0.39 is 0 Å². The first kappa shape index (κ1) is 16.6. The van der Waals surface area contributed by atoms with Crippen molar-refractivity contribution in [3.8, 4) is 0 Å². The number of aromatic nitrogens is 3. The minimum Gasteiger partial charge on any atom is -0.350 e. The number of carbonyl (C=O) groups excluding carboxylic acids is 1. The van der Waals surface area contributed by atoms with Crippen LogP contribution in [0.4, 0.5) is 17.5 Å². The average molecular weight is 333 g/mol. The fourth-order valence-electron chi connectivity index (χ4n) is 2.33.